The normalized spacial score (nSPS) is 23.9. The number of pyridine rings is 2. The van der Waals surface area contributed by atoms with Crippen molar-refractivity contribution in [2.45, 2.75) is 50.7 Å². The monoisotopic (exact) mass is 425 g/mol. The average Bonchev–Trinajstić information content (AvgIpc) is 3.34. The van der Waals surface area contributed by atoms with Crippen LogP contribution in [-0.2, 0) is 23.2 Å². The summed E-state index contributed by atoms with van der Waals surface area (Å²) in [4.78, 5) is 37.6. The van der Waals surface area contributed by atoms with Crippen LogP contribution in [0.15, 0.2) is 24.3 Å². The molecule has 2 amide bonds. The van der Waals surface area contributed by atoms with Gasteiger partial charge in [-0.1, -0.05) is 13.0 Å². The first-order chi connectivity index (χ1) is 14.8. The predicted molar refractivity (Wildman–Crippen MR) is 112 cm³/mol. The number of carbonyl (C=O) groups is 2. The minimum Gasteiger partial charge on any atom is -0.446 e. The summed E-state index contributed by atoms with van der Waals surface area (Å²) in [6, 6.07) is 6.87. The molecule has 1 atom stereocenters. The summed E-state index contributed by atoms with van der Waals surface area (Å²) in [7, 11) is 0. The topological polar surface area (TPSA) is 102 Å². The smallest absolute Gasteiger partial charge is 0.416 e. The highest BCUT2D eigenvalue weighted by atomic mass is 19.1. The van der Waals surface area contributed by atoms with E-state index < -0.39 is 18.3 Å². The zero-order valence-corrected chi connectivity index (χ0v) is 17.5. The Bertz CT molecular complexity index is 1100. The number of nitrogens with zero attached hydrogens (tertiary/aromatic N) is 4. The molecule has 2 fully saturated rings. The summed E-state index contributed by atoms with van der Waals surface area (Å²) >= 11 is 0. The number of aromatic nitrogens is 2. The fourth-order valence-electron chi connectivity index (χ4n) is 4.20. The lowest BCUT2D eigenvalue weighted by molar-refractivity contribution is 0.0995. The van der Waals surface area contributed by atoms with Crippen LogP contribution in [0, 0.1) is 0 Å². The molecule has 0 spiro atoms. The highest BCUT2D eigenvalue weighted by molar-refractivity contribution is 6.10. The molecule has 9 heteroatoms. The molecule has 2 N–H and O–H groups in total. The summed E-state index contributed by atoms with van der Waals surface area (Å²) in [6.07, 6.45) is 1.44. The van der Waals surface area contributed by atoms with E-state index >= 15 is 0 Å². The molecule has 3 aliphatic rings. The van der Waals surface area contributed by atoms with Gasteiger partial charge in [-0.3, -0.25) is 14.7 Å². The second kappa shape index (κ2) is 6.71. The second-order valence-corrected chi connectivity index (χ2v) is 9.01. The van der Waals surface area contributed by atoms with Crippen LogP contribution in [0.3, 0.4) is 0 Å². The SMILES string of the molecule is CC1(c2cc3c(c(CN)n2)CN(c2cccc(N4C(=O)OC[C@]4(C)CF)n2)C3=O)CC1. The first kappa shape index (κ1) is 19.9. The number of nitrogens with two attached hydrogens (primary N) is 1. The maximum Gasteiger partial charge on any atom is 0.416 e. The lowest BCUT2D eigenvalue weighted by Gasteiger charge is -2.28. The molecule has 1 saturated carbocycles. The third-order valence-corrected chi connectivity index (χ3v) is 6.56. The van der Waals surface area contributed by atoms with Crippen molar-refractivity contribution < 1.29 is 18.7 Å². The highest BCUT2D eigenvalue weighted by Gasteiger charge is 2.46. The Balaban J connectivity index is 1.51. The number of carbonyl (C=O) groups excluding carboxylic acids is 2. The maximum atomic E-state index is 13.7. The summed E-state index contributed by atoms with van der Waals surface area (Å²) < 4.78 is 18.7. The van der Waals surface area contributed by atoms with Crippen LogP contribution in [0.4, 0.5) is 20.8 Å². The number of ether oxygens (including phenoxy) is 1. The van der Waals surface area contributed by atoms with Crippen LogP contribution in [0.1, 0.15) is 54.0 Å². The van der Waals surface area contributed by atoms with Gasteiger partial charge in [-0.25, -0.2) is 19.1 Å². The Morgan fingerprint density at radius 3 is 2.61 bits per heavy atom. The van der Waals surface area contributed by atoms with Gasteiger partial charge in [0.05, 0.1) is 12.2 Å². The Hall–Kier alpha value is -3.07. The molecule has 0 radical (unpaired) electrons. The van der Waals surface area contributed by atoms with E-state index in [1.807, 2.05) is 6.07 Å². The molecular weight excluding hydrogens is 401 g/mol. The zero-order chi connectivity index (χ0) is 22.0. The van der Waals surface area contributed by atoms with Crippen LogP contribution < -0.4 is 15.5 Å². The predicted octanol–water partition coefficient (Wildman–Crippen LogP) is 2.83. The van der Waals surface area contributed by atoms with Gasteiger partial charge in [-0.15, -0.1) is 0 Å². The van der Waals surface area contributed by atoms with Crippen molar-refractivity contribution >= 4 is 23.6 Å². The van der Waals surface area contributed by atoms with E-state index in [1.54, 1.807) is 30.0 Å². The van der Waals surface area contributed by atoms with E-state index in [0.717, 1.165) is 29.8 Å². The van der Waals surface area contributed by atoms with Crippen molar-refractivity contribution in [1.82, 2.24) is 9.97 Å². The lowest BCUT2D eigenvalue weighted by atomic mass is 9.99. The number of anilines is 2. The van der Waals surface area contributed by atoms with Gasteiger partial charge in [0.15, 0.2) is 0 Å². The highest BCUT2D eigenvalue weighted by Crippen LogP contribution is 2.47. The van der Waals surface area contributed by atoms with E-state index in [-0.39, 0.29) is 30.3 Å². The van der Waals surface area contributed by atoms with Gasteiger partial charge in [0, 0.05) is 28.8 Å². The second-order valence-electron chi connectivity index (χ2n) is 9.01. The summed E-state index contributed by atoms with van der Waals surface area (Å²) in [5.74, 6) is 0.438. The van der Waals surface area contributed by atoms with Crippen molar-refractivity contribution in [3.8, 4) is 0 Å². The third-order valence-electron chi connectivity index (χ3n) is 6.56. The number of rotatable bonds is 5. The molecule has 4 heterocycles. The van der Waals surface area contributed by atoms with E-state index in [1.165, 1.54) is 4.90 Å². The van der Waals surface area contributed by atoms with Crippen molar-refractivity contribution in [2.75, 3.05) is 23.1 Å². The van der Waals surface area contributed by atoms with Crippen LogP contribution >= 0.6 is 0 Å². The number of cyclic esters (lactones) is 1. The van der Waals surface area contributed by atoms with Gasteiger partial charge in [0.1, 0.15) is 30.5 Å². The fraction of sp³-hybridized carbons (Fsp3) is 0.455. The van der Waals surface area contributed by atoms with Crippen LogP contribution in [0.5, 0.6) is 0 Å². The molecule has 5 rings (SSSR count). The summed E-state index contributed by atoms with van der Waals surface area (Å²) in [5, 5.41) is 0. The Morgan fingerprint density at radius 1 is 1.19 bits per heavy atom. The minimum absolute atomic E-state index is 0.0117. The molecular formula is C22H24FN5O3. The van der Waals surface area contributed by atoms with Crippen molar-refractivity contribution in [3.63, 3.8) is 0 Å². The molecule has 0 aromatic carbocycles. The van der Waals surface area contributed by atoms with E-state index in [9.17, 15) is 14.0 Å². The number of hydrogen-bond acceptors (Lipinski definition) is 6. The largest absolute Gasteiger partial charge is 0.446 e. The quantitative estimate of drug-likeness (QED) is 0.790. The molecule has 8 nitrogen and oxygen atoms in total. The molecule has 0 bridgehead atoms. The van der Waals surface area contributed by atoms with Crippen LogP contribution in [0.25, 0.3) is 0 Å². The maximum absolute atomic E-state index is 13.7. The molecule has 31 heavy (non-hydrogen) atoms. The van der Waals surface area contributed by atoms with Gasteiger partial charge < -0.3 is 10.5 Å². The Labute approximate surface area is 179 Å². The number of alkyl halides is 1. The number of hydrogen-bond donors (Lipinski definition) is 1. The van der Waals surface area contributed by atoms with Crippen LogP contribution in [-0.4, -0.2) is 40.8 Å². The minimum atomic E-state index is -1.13. The standard InChI is InChI=1S/C22H24FN5O3/c1-21(6-7-21)16-8-13-14(15(9-24)25-16)10-27(19(13)29)17-4-3-5-18(26-17)28-20(30)31-12-22(28,2)11-23/h3-5,8H,6-7,9-12,24H2,1-2H3/t22-/m0/s1. The summed E-state index contributed by atoms with van der Waals surface area (Å²) in [5.41, 5.74) is 7.86. The third kappa shape index (κ3) is 2.98. The molecule has 2 aromatic heterocycles. The van der Waals surface area contributed by atoms with E-state index in [0.29, 0.717) is 17.9 Å². The van der Waals surface area contributed by atoms with Gasteiger partial charge in [-0.05, 0) is 38.0 Å². The first-order valence-electron chi connectivity index (χ1n) is 10.3. The van der Waals surface area contributed by atoms with Gasteiger partial charge in [0.2, 0.25) is 0 Å². The van der Waals surface area contributed by atoms with Crippen molar-refractivity contribution in [1.29, 1.82) is 0 Å². The fourth-order valence-corrected chi connectivity index (χ4v) is 4.20. The molecule has 2 aliphatic heterocycles. The van der Waals surface area contributed by atoms with Crippen molar-refractivity contribution in [2.24, 2.45) is 5.73 Å². The van der Waals surface area contributed by atoms with E-state index in [2.05, 4.69) is 11.9 Å². The zero-order valence-electron chi connectivity index (χ0n) is 17.5. The molecule has 2 aromatic rings. The average molecular weight is 425 g/mol. The lowest BCUT2D eigenvalue weighted by Crippen LogP contribution is -2.47. The number of fused-ring (bicyclic) bond motifs is 1. The first-order valence-corrected chi connectivity index (χ1v) is 10.3. The molecule has 162 valence electrons. The number of halogens is 1. The van der Waals surface area contributed by atoms with Crippen molar-refractivity contribution in [3.05, 3.63) is 46.8 Å². The summed E-state index contributed by atoms with van der Waals surface area (Å²) in [6.45, 7) is 3.45. The number of amides is 2. The van der Waals surface area contributed by atoms with Gasteiger partial charge in [-0.2, -0.15) is 0 Å². The Kier molecular flexibility index (Phi) is 4.30. The molecule has 0 unspecified atom stereocenters. The van der Waals surface area contributed by atoms with Gasteiger partial charge in [0.25, 0.3) is 5.91 Å². The van der Waals surface area contributed by atoms with Crippen LogP contribution in [0.2, 0.25) is 0 Å². The molecule has 1 aliphatic carbocycles. The van der Waals surface area contributed by atoms with E-state index in [4.69, 9.17) is 15.5 Å². The Morgan fingerprint density at radius 2 is 1.94 bits per heavy atom. The molecule has 1 saturated heterocycles. The van der Waals surface area contributed by atoms with Gasteiger partial charge >= 0.3 is 6.09 Å².